The molecule has 0 spiro atoms. The fourth-order valence-electron chi connectivity index (χ4n) is 2.22. The van der Waals surface area contributed by atoms with Crippen molar-refractivity contribution in [3.8, 4) is 0 Å². The number of hydrogen-bond acceptors (Lipinski definition) is 3. The van der Waals surface area contributed by atoms with Crippen molar-refractivity contribution in [2.45, 2.75) is 19.4 Å². The van der Waals surface area contributed by atoms with E-state index >= 15 is 0 Å². The molecular formula is C18H21ClN2O2. The van der Waals surface area contributed by atoms with E-state index in [1.807, 2.05) is 43.3 Å². The Bertz CT molecular complexity index is 661. The van der Waals surface area contributed by atoms with Crippen molar-refractivity contribution in [3.05, 3.63) is 64.7 Å². The summed E-state index contributed by atoms with van der Waals surface area (Å²) >= 11 is 6.04. The van der Waals surface area contributed by atoms with Gasteiger partial charge in [0.25, 0.3) is 0 Å². The van der Waals surface area contributed by atoms with Crippen molar-refractivity contribution in [3.63, 3.8) is 0 Å². The van der Waals surface area contributed by atoms with Gasteiger partial charge in [-0.05, 0) is 24.6 Å². The Morgan fingerprint density at radius 3 is 2.61 bits per heavy atom. The minimum Gasteiger partial charge on any atom is -0.387 e. The van der Waals surface area contributed by atoms with E-state index in [2.05, 4.69) is 10.6 Å². The van der Waals surface area contributed by atoms with Gasteiger partial charge in [0, 0.05) is 35.8 Å². The lowest BCUT2D eigenvalue weighted by Gasteiger charge is -2.13. The average Bonchev–Trinajstić information content (AvgIpc) is 2.54. The molecule has 1 amide bonds. The minimum absolute atomic E-state index is 0.0565. The normalized spacial score (nSPS) is 12.0. The number of anilines is 1. The highest BCUT2D eigenvalue weighted by atomic mass is 35.5. The molecular weight excluding hydrogens is 312 g/mol. The van der Waals surface area contributed by atoms with E-state index in [1.54, 1.807) is 12.1 Å². The van der Waals surface area contributed by atoms with Crippen LogP contribution in [0.4, 0.5) is 5.69 Å². The molecule has 0 bridgehead atoms. The number of carbonyl (C=O) groups is 1. The number of carbonyl (C=O) groups excluding carboxylic acids is 1. The smallest absolute Gasteiger partial charge is 0.225 e. The van der Waals surface area contributed by atoms with Gasteiger partial charge in [-0.3, -0.25) is 4.79 Å². The maximum Gasteiger partial charge on any atom is 0.225 e. The van der Waals surface area contributed by atoms with Crippen molar-refractivity contribution < 1.29 is 9.90 Å². The zero-order chi connectivity index (χ0) is 16.7. The van der Waals surface area contributed by atoms with Crippen LogP contribution < -0.4 is 10.6 Å². The summed E-state index contributed by atoms with van der Waals surface area (Å²) in [4.78, 5) is 11.9. The Morgan fingerprint density at radius 1 is 1.17 bits per heavy atom. The molecule has 1 atom stereocenters. The van der Waals surface area contributed by atoms with E-state index < -0.39 is 6.10 Å². The molecule has 0 saturated heterocycles. The van der Waals surface area contributed by atoms with Gasteiger partial charge in [-0.1, -0.05) is 48.0 Å². The average molecular weight is 333 g/mol. The lowest BCUT2D eigenvalue weighted by atomic mass is 10.1. The third kappa shape index (κ3) is 5.36. The molecule has 2 rings (SSSR count). The number of aliphatic hydroxyl groups excluding tert-OH is 1. The van der Waals surface area contributed by atoms with Gasteiger partial charge < -0.3 is 15.7 Å². The van der Waals surface area contributed by atoms with Gasteiger partial charge in [-0.2, -0.15) is 0 Å². The number of benzene rings is 2. The van der Waals surface area contributed by atoms with Crippen molar-refractivity contribution in [1.82, 2.24) is 5.32 Å². The quantitative estimate of drug-likeness (QED) is 0.682. The second-order valence-corrected chi connectivity index (χ2v) is 5.76. The molecule has 3 N–H and O–H groups in total. The van der Waals surface area contributed by atoms with Gasteiger partial charge in [-0.25, -0.2) is 0 Å². The SMILES string of the molecule is Cc1ccccc1NC(=O)CCNC[C@H](O)c1ccccc1Cl. The molecule has 2 aromatic carbocycles. The number of hydrogen-bond donors (Lipinski definition) is 3. The lowest BCUT2D eigenvalue weighted by Crippen LogP contribution is -2.26. The predicted molar refractivity (Wildman–Crippen MR) is 93.7 cm³/mol. The van der Waals surface area contributed by atoms with Crippen LogP contribution in [0.2, 0.25) is 5.02 Å². The molecule has 0 unspecified atom stereocenters. The molecule has 0 saturated carbocycles. The van der Waals surface area contributed by atoms with Crippen LogP contribution in [0.25, 0.3) is 0 Å². The molecule has 0 aliphatic carbocycles. The highest BCUT2D eigenvalue weighted by molar-refractivity contribution is 6.31. The zero-order valence-corrected chi connectivity index (χ0v) is 13.8. The van der Waals surface area contributed by atoms with E-state index in [0.717, 1.165) is 11.3 Å². The van der Waals surface area contributed by atoms with Crippen molar-refractivity contribution >= 4 is 23.2 Å². The highest BCUT2D eigenvalue weighted by Crippen LogP contribution is 2.21. The topological polar surface area (TPSA) is 61.4 Å². The summed E-state index contributed by atoms with van der Waals surface area (Å²) in [5.41, 5.74) is 2.54. The third-order valence-electron chi connectivity index (χ3n) is 3.55. The molecule has 0 fully saturated rings. The van der Waals surface area contributed by atoms with Crippen LogP contribution in [0.15, 0.2) is 48.5 Å². The van der Waals surface area contributed by atoms with Gasteiger partial charge in [0.05, 0.1) is 6.10 Å². The number of para-hydroxylation sites is 1. The first-order valence-corrected chi connectivity index (χ1v) is 7.94. The molecule has 0 aromatic heterocycles. The van der Waals surface area contributed by atoms with Crippen LogP contribution >= 0.6 is 11.6 Å². The Morgan fingerprint density at radius 2 is 1.87 bits per heavy atom. The maximum atomic E-state index is 11.9. The first-order valence-electron chi connectivity index (χ1n) is 7.56. The standard InChI is InChI=1S/C18H21ClN2O2/c1-13-6-2-5-9-16(13)21-18(23)10-11-20-12-17(22)14-7-3-4-8-15(14)19/h2-9,17,20,22H,10-12H2,1H3,(H,21,23)/t17-/m0/s1. The van der Waals surface area contributed by atoms with Crippen molar-refractivity contribution in [2.75, 3.05) is 18.4 Å². The van der Waals surface area contributed by atoms with Crippen LogP contribution in [0, 0.1) is 6.92 Å². The van der Waals surface area contributed by atoms with Crippen LogP contribution in [0.5, 0.6) is 0 Å². The summed E-state index contributed by atoms with van der Waals surface area (Å²) in [5, 5.41) is 16.6. The van der Waals surface area contributed by atoms with Crippen LogP contribution in [-0.4, -0.2) is 24.1 Å². The number of rotatable bonds is 7. The first-order chi connectivity index (χ1) is 11.1. The Kier molecular flexibility index (Phi) is 6.59. The summed E-state index contributed by atoms with van der Waals surface area (Å²) in [7, 11) is 0. The fraction of sp³-hybridized carbons (Fsp3) is 0.278. The molecule has 4 nitrogen and oxygen atoms in total. The molecule has 5 heteroatoms. The maximum absolute atomic E-state index is 11.9. The van der Waals surface area contributed by atoms with E-state index in [0.29, 0.717) is 30.1 Å². The highest BCUT2D eigenvalue weighted by Gasteiger charge is 2.10. The summed E-state index contributed by atoms with van der Waals surface area (Å²) in [6, 6.07) is 14.8. The van der Waals surface area contributed by atoms with Crippen LogP contribution in [0.1, 0.15) is 23.7 Å². The van der Waals surface area contributed by atoms with Crippen LogP contribution in [0.3, 0.4) is 0 Å². The fourth-order valence-corrected chi connectivity index (χ4v) is 2.48. The lowest BCUT2D eigenvalue weighted by molar-refractivity contribution is -0.116. The van der Waals surface area contributed by atoms with Gasteiger partial charge in [0.15, 0.2) is 0 Å². The van der Waals surface area contributed by atoms with Gasteiger partial charge in [-0.15, -0.1) is 0 Å². The first kappa shape index (κ1) is 17.5. The van der Waals surface area contributed by atoms with Crippen LogP contribution in [-0.2, 0) is 4.79 Å². The molecule has 0 heterocycles. The monoisotopic (exact) mass is 332 g/mol. The summed E-state index contributed by atoms with van der Waals surface area (Å²) in [6.45, 7) is 2.79. The Hall–Kier alpha value is -1.88. The van der Waals surface area contributed by atoms with E-state index in [9.17, 15) is 9.90 Å². The Labute approximate surface area is 141 Å². The second kappa shape index (κ2) is 8.67. The van der Waals surface area contributed by atoms with E-state index in [4.69, 9.17) is 11.6 Å². The number of amides is 1. The molecule has 23 heavy (non-hydrogen) atoms. The summed E-state index contributed by atoms with van der Waals surface area (Å²) in [5.74, 6) is -0.0565. The number of aliphatic hydroxyl groups is 1. The number of halogens is 1. The van der Waals surface area contributed by atoms with Crippen molar-refractivity contribution in [1.29, 1.82) is 0 Å². The Balaban J connectivity index is 1.72. The van der Waals surface area contributed by atoms with E-state index in [-0.39, 0.29) is 5.91 Å². The molecule has 0 aliphatic rings. The molecule has 122 valence electrons. The molecule has 2 aromatic rings. The molecule has 0 aliphatic heterocycles. The third-order valence-corrected chi connectivity index (χ3v) is 3.89. The van der Waals surface area contributed by atoms with Crippen molar-refractivity contribution in [2.24, 2.45) is 0 Å². The summed E-state index contributed by atoms with van der Waals surface area (Å²) < 4.78 is 0. The number of aryl methyl sites for hydroxylation is 1. The zero-order valence-electron chi connectivity index (χ0n) is 13.1. The van der Waals surface area contributed by atoms with E-state index in [1.165, 1.54) is 0 Å². The second-order valence-electron chi connectivity index (χ2n) is 5.35. The largest absolute Gasteiger partial charge is 0.387 e. The number of nitrogens with one attached hydrogen (secondary N) is 2. The summed E-state index contributed by atoms with van der Waals surface area (Å²) in [6.07, 6.45) is -0.355. The van der Waals surface area contributed by atoms with Gasteiger partial charge in [0.2, 0.25) is 5.91 Å². The van der Waals surface area contributed by atoms with Gasteiger partial charge >= 0.3 is 0 Å². The van der Waals surface area contributed by atoms with Gasteiger partial charge in [0.1, 0.15) is 0 Å². The predicted octanol–water partition coefficient (Wildman–Crippen LogP) is 3.30. The molecule has 0 radical (unpaired) electrons. The minimum atomic E-state index is -0.692.